The number of hydrogen-bond acceptors (Lipinski definition) is 6. The van der Waals surface area contributed by atoms with E-state index >= 15 is 0 Å². The molecule has 1 rings (SSSR count). The normalized spacial score (nSPS) is 12.2. The van der Waals surface area contributed by atoms with Crippen LogP contribution in [0.5, 0.6) is 0 Å². The zero-order valence-corrected chi connectivity index (χ0v) is 16.4. The van der Waals surface area contributed by atoms with Crippen LogP contribution < -0.4 is 0 Å². The molecule has 0 amide bonds. The SMILES string of the molecule is CC(C)(C)OC(=O)CS(=O)(=O)CC(=O)c1cc(Br)sc1Br. The summed E-state index contributed by atoms with van der Waals surface area (Å²) in [7, 11) is -3.86. The molecule has 118 valence electrons. The quantitative estimate of drug-likeness (QED) is 0.497. The summed E-state index contributed by atoms with van der Waals surface area (Å²) < 4.78 is 30.0. The summed E-state index contributed by atoms with van der Waals surface area (Å²) in [4.78, 5) is 23.5. The number of thiophene rings is 1. The average Bonchev–Trinajstić information content (AvgIpc) is 2.52. The Bertz CT molecular complexity index is 656. The minimum Gasteiger partial charge on any atom is -0.459 e. The number of sulfone groups is 1. The van der Waals surface area contributed by atoms with Gasteiger partial charge in [-0.1, -0.05) is 0 Å². The number of esters is 1. The zero-order valence-electron chi connectivity index (χ0n) is 11.6. The van der Waals surface area contributed by atoms with Crippen LogP contribution in [-0.2, 0) is 19.4 Å². The lowest BCUT2D eigenvalue weighted by molar-refractivity contribution is -0.151. The van der Waals surface area contributed by atoms with Crippen molar-refractivity contribution in [2.24, 2.45) is 0 Å². The second kappa shape index (κ2) is 6.89. The van der Waals surface area contributed by atoms with Crippen molar-refractivity contribution in [3.8, 4) is 0 Å². The molecule has 9 heteroatoms. The second-order valence-electron chi connectivity index (χ2n) is 5.28. The maximum Gasteiger partial charge on any atom is 0.321 e. The molecule has 0 aromatic carbocycles. The zero-order chi connectivity index (χ0) is 16.4. The number of hydrogen-bond donors (Lipinski definition) is 0. The van der Waals surface area contributed by atoms with Crippen molar-refractivity contribution in [2.75, 3.05) is 11.5 Å². The molecular weight excluding hydrogens is 448 g/mol. The van der Waals surface area contributed by atoms with Crippen LogP contribution in [0.4, 0.5) is 0 Å². The first kappa shape index (κ1) is 18.8. The number of halogens is 2. The van der Waals surface area contributed by atoms with E-state index in [0.717, 1.165) is 0 Å². The number of carbonyl (C=O) groups is 2. The van der Waals surface area contributed by atoms with Gasteiger partial charge in [0.25, 0.3) is 0 Å². The van der Waals surface area contributed by atoms with E-state index in [0.29, 0.717) is 7.57 Å². The number of ketones is 1. The van der Waals surface area contributed by atoms with Crippen molar-refractivity contribution in [2.45, 2.75) is 26.4 Å². The summed E-state index contributed by atoms with van der Waals surface area (Å²) in [5.41, 5.74) is -0.489. The molecule has 0 saturated heterocycles. The number of ether oxygens (including phenoxy) is 1. The molecule has 0 aliphatic carbocycles. The van der Waals surface area contributed by atoms with Gasteiger partial charge in [-0.05, 0) is 58.7 Å². The van der Waals surface area contributed by atoms with Gasteiger partial charge >= 0.3 is 5.97 Å². The Kier molecular flexibility index (Phi) is 6.17. The minimum absolute atomic E-state index is 0.277. The van der Waals surface area contributed by atoms with Crippen LogP contribution >= 0.6 is 43.2 Å². The van der Waals surface area contributed by atoms with Gasteiger partial charge in [-0.3, -0.25) is 9.59 Å². The van der Waals surface area contributed by atoms with Crippen molar-refractivity contribution >= 4 is 64.8 Å². The van der Waals surface area contributed by atoms with Gasteiger partial charge in [0.2, 0.25) is 0 Å². The summed E-state index contributed by atoms with van der Waals surface area (Å²) in [5.74, 6) is -2.96. The van der Waals surface area contributed by atoms with Crippen LogP contribution in [0, 0.1) is 0 Å². The van der Waals surface area contributed by atoms with Crippen LogP contribution in [0.25, 0.3) is 0 Å². The van der Waals surface area contributed by atoms with E-state index in [4.69, 9.17) is 4.74 Å². The van der Waals surface area contributed by atoms with Crippen LogP contribution in [0.2, 0.25) is 0 Å². The smallest absolute Gasteiger partial charge is 0.321 e. The predicted molar refractivity (Wildman–Crippen MR) is 88.5 cm³/mol. The van der Waals surface area contributed by atoms with E-state index in [1.165, 1.54) is 11.3 Å². The maximum atomic E-state index is 12.0. The first-order valence-corrected chi connectivity index (χ1v) is 10.0. The van der Waals surface area contributed by atoms with Crippen LogP contribution in [-0.4, -0.2) is 37.3 Å². The molecule has 0 unspecified atom stereocenters. The molecule has 0 spiro atoms. The molecule has 1 aromatic rings. The molecule has 5 nitrogen and oxygen atoms in total. The highest BCUT2D eigenvalue weighted by Crippen LogP contribution is 2.32. The summed E-state index contributed by atoms with van der Waals surface area (Å²) in [6, 6.07) is 1.54. The second-order valence-corrected chi connectivity index (χ2v) is 11.1. The van der Waals surface area contributed by atoms with E-state index < -0.39 is 38.7 Å². The third-order valence-electron chi connectivity index (χ3n) is 2.07. The van der Waals surface area contributed by atoms with E-state index in [1.807, 2.05) is 0 Å². The standard InChI is InChI=1S/C12H14Br2O5S2/c1-12(2,3)19-10(16)6-21(17,18)5-8(15)7-4-9(13)20-11(7)14/h4H,5-6H2,1-3H3. The molecule has 1 aromatic heterocycles. The predicted octanol–water partition coefficient (Wildman–Crippen LogP) is 3.21. The lowest BCUT2D eigenvalue weighted by atomic mass is 10.2. The van der Waals surface area contributed by atoms with Crippen molar-refractivity contribution < 1.29 is 22.7 Å². The molecule has 0 saturated carbocycles. The summed E-state index contributed by atoms with van der Waals surface area (Å²) >= 11 is 7.69. The Morgan fingerprint density at radius 3 is 2.24 bits per heavy atom. The van der Waals surface area contributed by atoms with Gasteiger partial charge < -0.3 is 4.74 Å². The van der Waals surface area contributed by atoms with Crippen LogP contribution in [0.3, 0.4) is 0 Å². The van der Waals surface area contributed by atoms with Gasteiger partial charge in [0, 0.05) is 5.56 Å². The summed E-state index contributed by atoms with van der Waals surface area (Å²) in [6.07, 6.45) is 0. The fourth-order valence-corrected chi connectivity index (χ4v) is 5.34. The Morgan fingerprint density at radius 2 is 1.81 bits per heavy atom. The number of Topliss-reactive ketones (excluding diaryl/α,β-unsaturated/α-hetero) is 1. The molecule has 0 aliphatic rings. The minimum atomic E-state index is -3.86. The highest BCUT2D eigenvalue weighted by atomic mass is 79.9. The van der Waals surface area contributed by atoms with E-state index in [2.05, 4.69) is 31.9 Å². The summed E-state index contributed by atoms with van der Waals surface area (Å²) in [6.45, 7) is 4.92. The van der Waals surface area contributed by atoms with Gasteiger partial charge in [-0.2, -0.15) is 0 Å². The topological polar surface area (TPSA) is 77.5 Å². The van der Waals surface area contributed by atoms with Gasteiger partial charge in [0.05, 0.1) is 7.57 Å². The lowest BCUT2D eigenvalue weighted by Crippen LogP contribution is -2.30. The Morgan fingerprint density at radius 1 is 1.24 bits per heavy atom. The van der Waals surface area contributed by atoms with Gasteiger partial charge in [-0.15, -0.1) is 11.3 Å². The first-order chi connectivity index (χ1) is 9.39. The molecule has 0 radical (unpaired) electrons. The van der Waals surface area contributed by atoms with Gasteiger partial charge in [0.1, 0.15) is 17.1 Å². The van der Waals surface area contributed by atoms with Crippen LogP contribution in [0.1, 0.15) is 31.1 Å². The van der Waals surface area contributed by atoms with E-state index in [1.54, 1.807) is 26.8 Å². The van der Waals surface area contributed by atoms with E-state index in [-0.39, 0.29) is 5.56 Å². The van der Waals surface area contributed by atoms with E-state index in [9.17, 15) is 18.0 Å². The highest BCUT2D eigenvalue weighted by Gasteiger charge is 2.26. The van der Waals surface area contributed by atoms with Gasteiger partial charge in [-0.25, -0.2) is 8.42 Å². The van der Waals surface area contributed by atoms with Crippen molar-refractivity contribution in [3.63, 3.8) is 0 Å². The number of rotatable bonds is 5. The third-order valence-corrected chi connectivity index (χ3v) is 5.78. The lowest BCUT2D eigenvalue weighted by Gasteiger charge is -2.19. The molecule has 0 fully saturated rings. The van der Waals surface area contributed by atoms with Crippen molar-refractivity contribution in [1.82, 2.24) is 0 Å². The average molecular weight is 462 g/mol. The summed E-state index contributed by atoms with van der Waals surface area (Å²) in [5, 5.41) is 0. The molecule has 0 atom stereocenters. The molecule has 1 heterocycles. The van der Waals surface area contributed by atoms with Gasteiger partial charge in [0.15, 0.2) is 15.6 Å². The van der Waals surface area contributed by atoms with Crippen molar-refractivity contribution in [1.29, 1.82) is 0 Å². The first-order valence-electron chi connectivity index (χ1n) is 5.80. The monoisotopic (exact) mass is 460 g/mol. The molecular formula is C12H14Br2O5S2. The fraction of sp³-hybridized carbons (Fsp3) is 0.500. The fourth-order valence-electron chi connectivity index (χ4n) is 1.41. The maximum absolute atomic E-state index is 12.0. The Labute approximate surface area is 144 Å². The number of carbonyl (C=O) groups excluding carboxylic acids is 2. The molecule has 0 bridgehead atoms. The molecule has 0 N–H and O–H groups in total. The Hall–Kier alpha value is -0.250. The molecule has 0 aliphatic heterocycles. The molecule has 21 heavy (non-hydrogen) atoms. The largest absolute Gasteiger partial charge is 0.459 e. The highest BCUT2D eigenvalue weighted by molar-refractivity contribution is 9.12. The Balaban J connectivity index is 2.75. The third kappa shape index (κ3) is 6.58. The van der Waals surface area contributed by atoms with Crippen molar-refractivity contribution in [3.05, 3.63) is 19.2 Å². The van der Waals surface area contributed by atoms with Crippen LogP contribution in [0.15, 0.2) is 13.6 Å².